The van der Waals surface area contributed by atoms with E-state index in [1.165, 1.54) is 10.6 Å². The smallest absolute Gasteiger partial charge is 0.250 e. The Balaban J connectivity index is 2.54. The van der Waals surface area contributed by atoms with Gasteiger partial charge in [0.25, 0.3) is 0 Å². The van der Waals surface area contributed by atoms with Crippen molar-refractivity contribution in [2.75, 3.05) is 5.28 Å². The van der Waals surface area contributed by atoms with E-state index >= 15 is 0 Å². The average Bonchev–Trinajstić information content (AvgIpc) is 2.54. The Hall–Kier alpha value is -1.10. The molecule has 0 aliphatic heterocycles. The molecule has 0 radical (unpaired) electrons. The van der Waals surface area contributed by atoms with Gasteiger partial charge in [0, 0.05) is 20.7 Å². The molecule has 4 nitrogen and oxygen atoms in total. The highest BCUT2D eigenvalue weighted by molar-refractivity contribution is 9.09. The highest BCUT2D eigenvalue weighted by Gasteiger charge is 2.03. The zero-order valence-corrected chi connectivity index (χ0v) is 8.73. The summed E-state index contributed by atoms with van der Waals surface area (Å²) in [4.78, 5) is 11.9. The standard InChI is InChI=1S/C9H10BrN3O/c10-5-3-7-13-9(14)12-6-2-1-4-8(12)11-13/h1-2,4,6H,3,5,7H2/i5D2,7D2. The van der Waals surface area contributed by atoms with Gasteiger partial charge in [-0.15, -0.1) is 5.10 Å². The van der Waals surface area contributed by atoms with E-state index in [0.717, 1.165) is 0 Å². The molecule has 2 rings (SSSR count). The number of hydrogen-bond donors (Lipinski definition) is 0. The summed E-state index contributed by atoms with van der Waals surface area (Å²) in [5.41, 5.74) is -0.311. The summed E-state index contributed by atoms with van der Waals surface area (Å²) in [5, 5.41) is 1.96. The van der Waals surface area contributed by atoms with Crippen LogP contribution in [-0.4, -0.2) is 19.5 Å². The summed E-state index contributed by atoms with van der Waals surface area (Å²) >= 11 is 2.72. The van der Waals surface area contributed by atoms with E-state index in [2.05, 4.69) is 21.0 Å². The molecular formula is C9H10BrN3O. The molecule has 0 fully saturated rings. The van der Waals surface area contributed by atoms with Crippen molar-refractivity contribution in [3.05, 3.63) is 34.9 Å². The number of halogens is 1. The quantitative estimate of drug-likeness (QED) is 0.780. The maximum atomic E-state index is 11.9. The first-order valence-corrected chi connectivity index (χ1v) is 4.76. The summed E-state index contributed by atoms with van der Waals surface area (Å²) < 4.78 is 32.1. The number of aryl methyl sites for hydroxylation is 1. The lowest BCUT2D eigenvalue weighted by atomic mass is 10.5. The Kier molecular flexibility index (Phi) is 1.61. The van der Waals surface area contributed by atoms with E-state index in [1.54, 1.807) is 18.2 Å². The molecule has 0 aliphatic rings. The van der Waals surface area contributed by atoms with Crippen molar-refractivity contribution >= 4 is 21.6 Å². The fourth-order valence-corrected chi connectivity index (χ4v) is 1.26. The van der Waals surface area contributed by atoms with E-state index in [-0.39, 0.29) is 0 Å². The van der Waals surface area contributed by atoms with Crippen LogP contribution >= 0.6 is 15.9 Å². The summed E-state index contributed by atoms with van der Waals surface area (Å²) in [5.74, 6) is 0. The van der Waals surface area contributed by atoms with Gasteiger partial charge in [0.15, 0.2) is 5.65 Å². The summed E-state index contributed by atoms with van der Waals surface area (Å²) in [6.07, 6.45) is 0.962. The van der Waals surface area contributed by atoms with E-state index < -0.39 is 23.9 Å². The summed E-state index contributed by atoms with van der Waals surface area (Å²) in [6, 6.07) is 4.90. The second kappa shape index (κ2) is 3.96. The Bertz CT molecular complexity index is 631. The third-order valence-electron chi connectivity index (χ3n) is 1.72. The molecule has 2 aromatic heterocycles. The molecule has 0 saturated heterocycles. The third kappa shape index (κ3) is 1.59. The fraction of sp³-hybridized carbons (Fsp3) is 0.333. The first-order chi connectivity index (χ1) is 8.21. The Morgan fingerprint density at radius 2 is 2.43 bits per heavy atom. The first-order valence-electron chi connectivity index (χ1n) is 5.97. The highest BCUT2D eigenvalue weighted by Crippen LogP contribution is 1.96. The number of nitrogens with zero attached hydrogens (tertiary/aromatic N) is 3. The Morgan fingerprint density at radius 3 is 3.14 bits per heavy atom. The fourth-order valence-electron chi connectivity index (χ4n) is 1.13. The zero-order valence-electron chi connectivity index (χ0n) is 11.1. The van der Waals surface area contributed by atoms with Gasteiger partial charge in [-0.3, -0.25) is 4.40 Å². The van der Waals surface area contributed by atoms with E-state index in [1.807, 2.05) is 0 Å². The average molecular weight is 260 g/mol. The van der Waals surface area contributed by atoms with Crippen LogP contribution in [0.1, 0.15) is 11.9 Å². The number of hydrogen-bond acceptors (Lipinski definition) is 2. The molecule has 0 bridgehead atoms. The van der Waals surface area contributed by atoms with Crippen LogP contribution in [0.25, 0.3) is 5.65 Å². The summed E-state index contributed by atoms with van der Waals surface area (Å²) in [6.45, 7) is -2.21. The lowest BCUT2D eigenvalue weighted by molar-refractivity contribution is 0.586. The number of pyridine rings is 1. The molecule has 5 heteroatoms. The molecule has 0 N–H and O–H groups in total. The second-order valence-corrected chi connectivity index (χ2v) is 3.15. The van der Waals surface area contributed by atoms with Crippen LogP contribution < -0.4 is 5.69 Å². The maximum absolute atomic E-state index is 11.9. The Labute approximate surface area is 94.9 Å². The predicted octanol–water partition coefficient (Wildman–Crippen LogP) is 1.28. The van der Waals surface area contributed by atoms with Crippen LogP contribution in [0.15, 0.2) is 29.2 Å². The summed E-state index contributed by atoms with van der Waals surface area (Å²) in [7, 11) is 0. The zero-order chi connectivity index (χ0) is 13.6. The Morgan fingerprint density at radius 1 is 1.57 bits per heavy atom. The molecule has 2 aromatic rings. The van der Waals surface area contributed by atoms with E-state index in [4.69, 9.17) is 5.48 Å². The molecule has 2 heterocycles. The van der Waals surface area contributed by atoms with Gasteiger partial charge in [-0.25, -0.2) is 9.48 Å². The number of alkyl halides is 1. The van der Waals surface area contributed by atoms with Gasteiger partial charge in [-0.2, -0.15) is 0 Å². The number of fused-ring (bicyclic) bond motifs is 1. The van der Waals surface area contributed by atoms with Crippen LogP contribution in [0.4, 0.5) is 0 Å². The van der Waals surface area contributed by atoms with Crippen molar-refractivity contribution in [1.82, 2.24) is 14.2 Å². The van der Waals surface area contributed by atoms with Gasteiger partial charge in [0.2, 0.25) is 0 Å². The van der Waals surface area contributed by atoms with Gasteiger partial charge in [0.05, 0.1) is 2.74 Å². The minimum atomic E-state index is -2.21. The van der Waals surface area contributed by atoms with E-state index in [9.17, 15) is 4.79 Å². The lowest BCUT2D eigenvalue weighted by Crippen LogP contribution is -2.21. The topological polar surface area (TPSA) is 39.3 Å². The van der Waals surface area contributed by atoms with Crippen LogP contribution in [0.2, 0.25) is 0 Å². The molecule has 0 amide bonds. The van der Waals surface area contributed by atoms with Gasteiger partial charge < -0.3 is 0 Å². The third-order valence-corrected chi connectivity index (χ3v) is 2.00. The lowest BCUT2D eigenvalue weighted by Gasteiger charge is -1.93. The molecular weight excluding hydrogens is 246 g/mol. The molecule has 0 atom stereocenters. The minimum absolute atomic E-state index is 0.321. The van der Waals surface area contributed by atoms with Crippen molar-refractivity contribution in [2.45, 2.75) is 12.9 Å². The van der Waals surface area contributed by atoms with Gasteiger partial charge in [0.1, 0.15) is 0 Å². The van der Waals surface area contributed by atoms with E-state index in [0.29, 0.717) is 10.3 Å². The maximum Gasteiger partial charge on any atom is 0.350 e. The van der Waals surface area contributed by atoms with Crippen molar-refractivity contribution in [1.29, 1.82) is 0 Å². The largest absolute Gasteiger partial charge is 0.350 e. The molecule has 0 aliphatic carbocycles. The van der Waals surface area contributed by atoms with Crippen molar-refractivity contribution in [2.24, 2.45) is 0 Å². The molecule has 74 valence electrons. The van der Waals surface area contributed by atoms with Crippen molar-refractivity contribution < 1.29 is 5.48 Å². The molecule has 0 unspecified atom stereocenters. The monoisotopic (exact) mass is 259 g/mol. The van der Waals surface area contributed by atoms with Gasteiger partial charge >= 0.3 is 5.69 Å². The molecule has 14 heavy (non-hydrogen) atoms. The number of aromatic nitrogens is 3. The predicted molar refractivity (Wildman–Crippen MR) is 57.9 cm³/mol. The number of rotatable bonds is 3. The van der Waals surface area contributed by atoms with Gasteiger partial charge in [-0.1, -0.05) is 22.0 Å². The minimum Gasteiger partial charge on any atom is -0.250 e. The van der Waals surface area contributed by atoms with Crippen molar-refractivity contribution in [3.63, 3.8) is 0 Å². The normalized spacial score (nSPS) is 17.2. The molecule has 0 saturated carbocycles. The molecule has 0 aromatic carbocycles. The van der Waals surface area contributed by atoms with Crippen LogP contribution in [-0.2, 0) is 6.50 Å². The SMILES string of the molecule is [2H]C([2H])(Br)CC([2H])([2H])n1nc2ccccn2c1=O. The van der Waals surface area contributed by atoms with Crippen LogP contribution in [0, 0.1) is 0 Å². The van der Waals surface area contributed by atoms with Crippen LogP contribution in [0.5, 0.6) is 0 Å². The van der Waals surface area contributed by atoms with Crippen molar-refractivity contribution in [3.8, 4) is 0 Å². The second-order valence-electron chi connectivity index (χ2n) is 2.59. The molecule has 0 spiro atoms. The first kappa shape index (κ1) is 5.70. The highest BCUT2D eigenvalue weighted by atomic mass is 79.9. The van der Waals surface area contributed by atoms with Crippen LogP contribution in [0.3, 0.4) is 0 Å². The van der Waals surface area contributed by atoms with Gasteiger partial charge in [-0.05, 0) is 18.6 Å².